The van der Waals surface area contributed by atoms with Crippen LogP contribution in [0.1, 0.15) is 55.9 Å². The third kappa shape index (κ3) is 4.73. The van der Waals surface area contributed by atoms with Crippen molar-refractivity contribution >= 4 is 6.02 Å². The Hall–Kier alpha value is -3.45. The van der Waals surface area contributed by atoms with Gasteiger partial charge in [-0.25, -0.2) is 9.97 Å². The summed E-state index contributed by atoms with van der Waals surface area (Å²) in [6, 6.07) is 11.3. The molecule has 1 aromatic heterocycles. The van der Waals surface area contributed by atoms with E-state index in [0.29, 0.717) is 12.2 Å². The van der Waals surface area contributed by atoms with Crippen molar-refractivity contribution in [2.24, 2.45) is 11.1 Å². The van der Waals surface area contributed by atoms with Gasteiger partial charge in [-0.3, -0.25) is 5.41 Å². The molecule has 0 saturated heterocycles. The van der Waals surface area contributed by atoms with Gasteiger partial charge in [0.05, 0.1) is 12.0 Å². The fraction of sp³-hybridized carbons (Fsp3) is 0.320. The molecule has 166 valence electrons. The molecule has 1 aliphatic rings. The quantitative estimate of drug-likeness (QED) is 0.396. The topological polar surface area (TPSA) is 114 Å². The minimum atomic E-state index is -0.594. The van der Waals surface area contributed by atoms with Crippen molar-refractivity contribution in [2.45, 2.75) is 39.2 Å². The van der Waals surface area contributed by atoms with Gasteiger partial charge in [-0.05, 0) is 47.2 Å². The Bertz CT molecular complexity index is 1130. The lowest BCUT2D eigenvalue weighted by Crippen LogP contribution is -2.22. The average Bonchev–Trinajstić information content (AvgIpc) is 2.75. The number of nitrogens with zero attached hydrogens (tertiary/aromatic N) is 2. The van der Waals surface area contributed by atoms with E-state index in [2.05, 4.69) is 30.7 Å². The van der Waals surface area contributed by atoms with Gasteiger partial charge < -0.3 is 20.3 Å². The molecule has 32 heavy (non-hydrogen) atoms. The first-order valence-electron chi connectivity index (χ1n) is 10.6. The van der Waals surface area contributed by atoms with Crippen molar-refractivity contribution in [1.82, 2.24) is 9.97 Å². The lowest BCUT2D eigenvalue weighted by molar-refractivity contribution is 0.122. The van der Waals surface area contributed by atoms with Crippen LogP contribution < -0.4 is 10.5 Å². The third-order valence-corrected chi connectivity index (χ3v) is 5.50. The molecule has 1 aliphatic heterocycles. The predicted octanol–water partition coefficient (Wildman–Crippen LogP) is 4.76. The first-order valence-corrected chi connectivity index (χ1v) is 10.6. The Morgan fingerprint density at radius 1 is 1.09 bits per heavy atom. The summed E-state index contributed by atoms with van der Waals surface area (Å²) in [4.78, 5) is 8.22. The summed E-state index contributed by atoms with van der Waals surface area (Å²) >= 11 is 0. The van der Waals surface area contributed by atoms with E-state index in [9.17, 15) is 5.11 Å². The molecular formula is C25H28N4O3. The Balaban J connectivity index is 1.76. The van der Waals surface area contributed by atoms with Crippen molar-refractivity contribution in [3.8, 4) is 22.6 Å². The van der Waals surface area contributed by atoms with E-state index in [1.807, 2.05) is 36.4 Å². The van der Waals surface area contributed by atoms with Crippen molar-refractivity contribution < 1.29 is 14.6 Å². The van der Waals surface area contributed by atoms with E-state index < -0.39 is 6.10 Å². The van der Waals surface area contributed by atoms with Crippen LogP contribution >= 0.6 is 0 Å². The molecule has 0 radical (unpaired) electrons. The maximum atomic E-state index is 10.8. The molecule has 2 atom stereocenters. The first kappa shape index (κ1) is 21.8. The van der Waals surface area contributed by atoms with Crippen molar-refractivity contribution in [2.75, 3.05) is 6.61 Å². The van der Waals surface area contributed by atoms with Gasteiger partial charge in [-0.2, -0.15) is 0 Å². The SMILES string of the molecule is CC(C)(C)CC(O)c1ccc2c(c1)C(COC(=N)N)c1cc(-c3cncnc3)ccc1O2. The number of aliphatic hydroxyl groups excluding tert-OH is 1. The second kappa shape index (κ2) is 8.59. The molecule has 0 aliphatic carbocycles. The number of hydrogen-bond donors (Lipinski definition) is 3. The van der Waals surface area contributed by atoms with Crippen LogP contribution in [0.2, 0.25) is 0 Å². The average molecular weight is 433 g/mol. The van der Waals surface area contributed by atoms with Gasteiger partial charge in [0.15, 0.2) is 0 Å². The van der Waals surface area contributed by atoms with Gasteiger partial charge in [-0.1, -0.05) is 32.9 Å². The highest BCUT2D eigenvalue weighted by Crippen LogP contribution is 2.46. The summed E-state index contributed by atoms with van der Waals surface area (Å²) in [5, 5.41) is 18.3. The summed E-state index contributed by atoms with van der Waals surface area (Å²) in [5.74, 6) is 1.21. The Morgan fingerprint density at radius 2 is 1.75 bits per heavy atom. The normalized spacial score (nSPS) is 15.8. The monoisotopic (exact) mass is 432 g/mol. The number of ether oxygens (including phenoxy) is 2. The van der Waals surface area contributed by atoms with Gasteiger partial charge in [0.1, 0.15) is 24.4 Å². The molecule has 0 bridgehead atoms. The van der Waals surface area contributed by atoms with Crippen LogP contribution in [-0.2, 0) is 4.74 Å². The van der Waals surface area contributed by atoms with Crippen LogP contribution in [0, 0.1) is 10.8 Å². The fourth-order valence-corrected chi connectivity index (χ4v) is 4.02. The summed E-state index contributed by atoms with van der Waals surface area (Å²) in [5.41, 5.74) is 9.96. The minimum Gasteiger partial charge on any atom is -0.465 e. The van der Waals surface area contributed by atoms with E-state index in [0.717, 1.165) is 33.6 Å². The lowest BCUT2D eigenvalue weighted by atomic mass is 9.83. The van der Waals surface area contributed by atoms with E-state index in [-0.39, 0.29) is 24.0 Å². The Labute approximate surface area is 187 Å². The third-order valence-electron chi connectivity index (χ3n) is 5.50. The van der Waals surface area contributed by atoms with Crippen LogP contribution in [0.3, 0.4) is 0 Å². The zero-order chi connectivity index (χ0) is 22.9. The summed E-state index contributed by atoms with van der Waals surface area (Å²) in [6.45, 7) is 6.50. The van der Waals surface area contributed by atoms with Gasteiger partial charge >= 0.3 is 0 Å². The highest BCUT2D eigenvalue weighted by molar-refractivity contribution is 5.69. The Kier molecular flexibility index (Phi) is 5.84. The van der Waals surface area contributed by atoms with Crippen molar-refractivity contribution in [1.29, 1.82) is 5.41 Å². The number of fused-ring (bicyclic) bond motifs is 2. The maximum absolute atomic E-state index is 10.8. The number of hydrogen-bond acceptors (Lipinski definition) is 6. The van der Waals surface area contributed by atoms with Crippen molar-refractivity contribution in [3.63, 3.8) is 0 Å². The van der Waals surface area contributed by atoms with E-state index in [4.69, 9.17) is 20.6 Å². The van der Waals surface area contributed by atoms with E-state index in [1.165, 1.54) is 6.33 Å². The molecule has 7 heteroatoms. The lowest BCUT2D eigenvalue weighted by Gasteiger charge is -2.30. The Morgan fingerprint density at radius 3 is 2.41 bits per heavy atom. The molecule has 2 unspecified atom stereocenters. The number of nitrogens with one attached hydrogen (secondary N) is 1. The largest absolute Gasteiger partial charge is 0.465 e. The molecule has 0 amide bonds. The molecule has 4 N–H and O–H groups in total. The highest BCUT2D eigenvalue weighted by Gasteiger charge is 2.30. The molecule has 2 heterocycles. The number of aromatic nitrogens is 2. The number of nitrogens with two attached hydrogens (primary N) is 1. The van der Waals surface area contributed by atoms with Gasteiger partial charge in [0.25, 0.3) is 6.02 Å². The minimum absolute atomic E-state index is 0.0117. The second-order valence-electron chi connectivity index (χ2n) is 9.29. The number of benzene rings is 2. The van der Waals surface area contributed by atoms with E-state index in [1.54, 1.807) is 12.4 Å². The highest BCUT2D eigenvalue weighted by atomic mass is 16.5. The molecule has 7 nitrogen and oxygen atoms in total. The van der Waals surface area contributed by atoms with Gasteiger partial charge in [0.2, 0.25) is 0 Å². The van der Waals surface area contributed by atoms with Crippen LogP contribution in [-0.4, -0.2) is 27.7 Å². The maximum Gasteiger partial charge on any atom is 0.279 e. The molecule has 2 aromatic carbocycles. The van der Waals surface area contributed by atoms with Crippen LogP contribution in [0.25, 0.3) is 11.1 Å². The summed E-state index contributed by atoms with van der Waals surface area (Å²) < 4.78 is 11.6. The molecule has 0 saturated carbocycles. The zero-order valence-electron chi connectivity index (χ0n) is 18.5. The standard InChI is InChI=1S/C25H28N4O3/c1-25(2,3)10-21(30)16-5-7-23-19(9-16)20(13-31-24(26)27)18-8-15(4-6-22(18)32-23)17-11-28-14-29-12-17/h4-9,11-12,14,20-21,30H,10,13H2,1-3H3,(H3,26,27). The summed E-state index contributed by atoms with van der Waals surface area (Å²) in [6.07, 6.45) is 5.05. The smallest absolute Gasteiger partial charge is 0.279 e. The zero-order valence-corrected chi connectivity index (χ0v) is 18.5. The summed E-state index contributed by atoms with van der Waals surface area (Å²) in [7, 11) is 0. The predicted molar refractivity (Wildman–Crippen MR) is 123 cm³/mol. The molecule has 3 aromatic rings. The molecular weight excluding hydrogens is 404 g/mol. The fourth-order valence-electron chi connectivity index (χ4n) is 4.02. The van der Waals surface area contributed by atoms with Gasteiger partial charge in [-0.15, -0.1) is 0 Å². The van der Waals surface area contributed by atoms with Crippen LogP contribution in [0.5, 0.6) is 11.5 Å². The van der Waals surface area contributed by atoms with Crippen LogP contribution in [0.4, 0.5) is 0 Å². The van der Waals surface area contributed by atoms with Crippen LogP contribution in [0.15, 0.2) is 55.1 Å². The number of rotatable bonds is 5. The molecule has 0 spiro atoms. The molecule has 4 rings (SSSR count). The number of aliphatic hydroxyl groups is 1. The second-order valence-corrected chi connectivity index (χ2v) is 9.29. The first-order chi connectivity index (χ1) is 15.2. The molecule has 0 fully saturated rings. The van der Waals surface area contributed by atoms with Gasteiger partial charge in [0, 0.05) is 29.1 Å². The van der Waals surface area contributed by atoms with Crippen molar-refractivity contribution in [3.05, 3.63) is 71.8 Å². The number of amidine groups is 1. The van der Waals surface area contributed by atoms with E-state index >= 15 is 0 Å².